The van der Waals surface area contributed by atoms with E-state index in [0.29, 0.717) is 27.3 Å². The van der Waals surface area contributed by atoms with Gasteiger partial charge in [0.15, 0.2) is 0 Å². The zero-order chi connectivity index (χ0) is 23.0. The highest BCUT2D eigenvalue weighted by molar-refractivity contribution is 7.94. The summed E-state index contributed by atoms with van der Waals surface area (Å²) in [5, 5.41) is 2.77. The molecule has 0 bridgehead atoms. The molecular weight excluding hydrogens is 445 g/mol. The maximum atomic E-state index is 12.5. The highest BCUT2D eigenvalue weighted by Crippen LogP contribution is 2.28. The number of ether oxygens (including phenoxy) is 1. The molecule has 1 amide bonds. The Labute approximate surface area is 185 Å². The molecule has 0 aliphatic rings. The molecule has 3 aromatic rings. The number of carbonyl (C=O) groups excluding carboxylic acids is 1. The van der Waals surface area contributed by atoms with Crippen LogP contribution in [0.15, 0.2) is 77.7 Å². The number of anilines is 1. The van der Waals surface area contributed by atoms with Crippen LogP contribution in [0, 0.1) is 11.8 Å². The number of amides is 1. The minimum atomic E-state index is -4.74. The van der Waals surface area contributed by atoms with Crippen molar-refractivity contribution in [2.75, 3.05) is 5.32 Å². The molecular formula is C22H15F3N2O4S. The first kappa shape index (κ1) is 23.2. The molecule has 0 radical (unpaired) electrons. The first-order valence-corrected chi connectivity index (χ1v) is 9.66. The van der Waals surface area contributed by atoms with E-state index < -0.39 is 6.36 Å². The van der Waals surface area contributed by atoms with Crippen molar-refractivity contribution in [3.05, 3.63) is 89.5 Å². The topological polar surface area (TPSA) is 82.8 Å². The standard InChI is InChI=1S/C22H15F3N2O4S/c23-22(24,25)29-18-13-9-16(10-14-18)6-5-15-7-11-17(12-8-15)21(28)27-19-3-1-2-4-20(19)32-31-30-26/h1-4,7-14H,26H2,(H,27,28). The van der Waals surface area contributed by atoms with Gasteiger partial charge < -0.3 is 10.1 Å². The zero-order valence-electron chi connectivity index (χ0n) is 16.2. The fourth-order valence-electron chi connectivity index (χ4n) is 2.48. The summed E-state index contributed by atoms with van der Waals surface area (Å²) in [5.41, 5.74) is 2.06. The van der Waals surface area contributed by atoms with E-state index in [1.807, 2.05) is 0 Å². The molecule has 0 aliphatic carbocycles. The Kier molecular flexibility index (Phi) is 7.75. The van der Waals surface area contributed by atoms with Crippen molar-refractivity contribution in [1.29, 1.82) is 0 Å². The number of benzene rings is 3. The van der Waals surface area contributed by atoms with Crippen LogP contribution in [-0.2, 0) is 9.32 Å². The molecule has 3 aromatic carbocycles. The molecule has 0 heterocycles. The molecule has 0 unspecified atom stereocenters. The minimum Gasteiger partial charge on any atom is -0.406 e. The van der Waals surface area contributed by atoms with Crippen molar-refractivity contribution >= 4 is 23.6 Å². The third kappa shape index (κ3) is 7.04. The lowest BCUT2D eigenvalue weighted by Crippen LogP contribution is -2.16. The van der Waals surface area contributed by atoms with E-state index in [2.05, 4.69) is 31.2 Å². The lowest BCUT2D eigenvalue weighted by molar-refractivity contribution is -0.274. The van der Waals surface area contributed by atoms with Gasteiger partial charge in [-0.1, -0.05) is 24.0 Å². The average molecular weight is 460 g/mol. The van der Waals surface area contributed by atoms with Gasteiger partial charge in [-0.25, -0.2) is 0 Å². The maximum absolute atomic E-state index is 12.5. The van der Waals surface area contributed by atoms with Crippen LogP contribution in [0.3, 0.4) is 0 Å². The second-order valence-corrected chi connectivity index (χ2v) is 6.84. The lowest BCUT2D eigenvalue weighted by atomic mass is 10.1. The van der Waals surface area contributed by atoms with Gasteiger partial charge in [0.25, 0.3) is 5.91 Å². The van der Waals surface area contributed by atoms with Gasteiger partial charge in [-0.05, 0) is 60.7 Å². The number of rotatable bonds is 6. The monoisotopic (exact) mass is 460 g/mol. The van der Waals surface area contributed by atoms with Gasteiger partial charge in [-0.2, -0.15) is 5.90 Å². The molecule has 0 saturated heterocycles. The van der Waals surface area contributed by atoms with Gasteiger partial charge in [-0.15, -0.1) is 22.5 Å². The fraction of sp³-hybridized carbons (Fsp3) is 0.0455. The van der Waals surface area contributed by atoms with E-state index in [0.717, 1.165) is 12.0 Å². The Morgan fingerprint density at radius 2 is 1.50 bits per heavy atom. The molecule has 0 fully saturated rings. The van der Waals surface area contributed by atoms with Gasteiger partial charge >= 0.3 is 6.36 Å². The Morgan fingerprint density at radius 3 is 2.09 bits per heavy atom. The quantitative estimate of drug-likeness (QED) is 0.231. The highest BCUT2D eigenvalue weighted by Gasteiger charge is 2.30. The molecule has 0 atom stereocenters. The number of nitrogens with one attached hydrogen (secondary N) is 1. The molecule has 0 spiro atoms. The number of carbonyl (C=O) groups is 1. The van der Waals surface area contributed by atoms with E-state index >= 15 is 0 Å². The second-order valence-electron chi connectivity index (χ2n) is 6.10. The van der Waals surface area contributed by atoms with Gasteiger partial charge in [0.2, 0.25) is 0 Å². The van der Waals surface area contributed by atoms with Crippen LogP contribution >= 0.6 is 12.0 Å². The van der Waals surface area contributed by atoms with Crippen LogP contribution < -0.4 is 16.0 Å². The van der Waals surface area contributed by atoms with Crippen molar-refractivity contribution in [3.63, 3.8) is 0 Å². The largest absolute Gasteiger partial charge is 0.573 e. The number of hydrogen-bond donors (Lipinski definition) is 2. The van der Waals surface area contributed by atoms with Crippen LogP contribution in [0.25, 0.3) is 0 Å². The summed E-state index contributed by atoms with van der Waals surface area (Å²) in [6.45, 7) is 0. The molecule has 32 heavy (non-hydrogen) atoms. The summed E-state index contributed by atoms with van der Waals surface area (Å²) in [5.74, 6) is 9.90. The summed E-state index contributed by atoms with van der Waals surface area (Å²) >= 11 is 0.851. The van der Waals surface area contributed by atoms with Crippen LogP contribution in [0.4, 0.5) is 18.9 Å². The summed E-state index contributed by atoms with van der Waals surface area (Å²) in [6.07, 6.45) is -4.74. The normalized spacial score (nSPS) is 10.8. The third-order valence-electron chi connectivity index (χ3n) is 3.88. The average Bonchev–Trinajstić information content (AvgIpc) is 2.77. The van der Waals surface area contributed by atoms with Gasteiger partial charge in [0, 0.05) is 16.7 Å². The Hall–Kier alpha value is -3.49. The maximum Gasteiger partial charge on any atom is 0.573 e. The predicted octanol–water partition coefficient (Wildman–Crippen LogP) is 5.07. The van der Waals surface area contributed by atoms with Crippen molar-refractivity contribution < 1.29 is 32.0 Å². The van der Waals surface area contributed by atoms with E-state index in [4.69, 9.17) is 5.90 Å². The molecule has 3 rings (SSSR count). The summed E-state index contributed by atoms with van der Waals surface area (Å²) in [7, 11) is 0. The Balaban J connectivity index is 1.64. The molecule has 0 aromatic heterocycles. The van der Waals surface area contributed by atoms with Crippen molar-refractivity contribution in [1.82, 2.24) is 0 Å². The first-order valence-electron chi connectivity index (χ1n) is 8.92. The predicted molar refractivity (Wildman–Crippen MR) is 112 cm³/mol. The van der Waals surface area contributed by atoms with E-state index in [-0.39, 0.29) is 11.7 Å². The van der Waals surface area contributed by atoms with E-state index in [1.165, 1.54) is 24.3 Å². The molecule has 0 aliphatic heterocycles. The molecule has 164 valence electrons. The SMILES string of the molecule is NOOSc1ccccc1NC(=O)c1ccc(C#Cc2ccc(OC(F)(F)F)cc2)cc1. The van der Waals surface area contributed by atoms with Gasteiger partial charge in [0.05, 0.1) is 22.6 Å². The zero-order valence-corrected chi connectivity index (χ0v) is 17.0. The number of para-hydroxylation sites is 1. The van der Waals surface area contributed by atoms with Crippen molar-refractivity contribution in [2.45, 2.75) is 11.3 Å². The smallest absolute Gasteiger partial charge is 0.406 e. The molecule has 0 saturated carbocycles. The third-order valence-corrected chi connectivity index (χ3v) is 4.57. The van der Waals surface area contributed by atoms with Crippen LogP contribution in [-0.4, -0.2) is 12.3 Å². The highest BCUT2D eigenvalue weighted by atomic mass is 32.2. The summed E-state index contributed by atoms with van der Waals surface area (Å²) < 4.78 is 45.0. The molecule has 6 nitrogen and oxygen atoms in total. The van der Waals surface area contributed by atoms with Crippen molar-refractivity contribution in [2.24, 2.45) is 5.90 Å². The Morgan fingerprint density at radius 1 is 0.906 bits per heavy atom. The number of nitrogens with two attached hydrogens (primary N) is 1. The van der Waals surface area contributed by atoms with E-state index in [9.17, 15) is 18.0 Å². The second kappa shape index (κ2) is 10.7. The Bertz CT molecular complexity index is 1120. The molecule has 3 N–H and O–H groups in total. The van der Waals surface area contributed by atoms with Gasteiger partial charge in [-0.3, -0.25) is 4.79 Å². The lowest BCUT2D eigenvalue weighted by Gasteiger charge is -2.09. The number of halogens is 3. The fourth-order valence-corrected chi connectivity index (χ4v) is 2.94. The van der Waals surface area contributed by atoms with Gasteiger partial charge in [0.1, 0.15) is 5.75 Å². The van der Waals surface area contributed by atoms with Crippen molar-refractivity contribution in [3.8, 4) is 17.6 Å². The van der Waals surface area contributed by atoms with Crippen LogP contribution in [0.1, 0.15) is 21.5 Å². The number of alkyl halides is 3. The summed E-state index contributed by atoms with van der Waals surface area (Å²) in [4.78, 5) is 17.2. The van der Waals surface area contributed by atoms with Crippen LogP contribution in [0.5, 0.6) is 5.75 Å². The minimum absolute atomic E-state index is 0.319. The van der Waals surface area contributed by atoms with Crippen LogP contribution in [0.2, 0.25) is 0 Å². The molecule has 10 heteroatoms. The summed E-state index contributed by atoms with van der Waals surface area (Å²) in [6, 6.07) is 18.7. The number of hydrogen-bond acceptors (Lipinski definition) is 6. The first-order chi connectivity index (χ1) is 15.3. The van der Waals surface area contributed by atoms with E-state index in [1.54, 1.807) is 48.5 Å².